The summed E-state index contributed by atoms with van der Waals surface area (Å²) in [5.41, 5.74) is 1.74. The van der Waals surface area contributed by atoms with E-state index in [-0.39, 0.29) is 11.8 Å². The molecule has 3 aromatic rings. The van der Waals surface area contributed by atoms with Crippen molar-refractivity contribution in [2.75, 3.05) is 25.5 Å². The molecular weight excluding hydrogens is 467 g/mol. The van der Waals surface area contributed by atoms with Crippen LogP contribution in [0.2, 0.25) is 10.0 Å². The number of hydrogen-bond donors (Lipinski definition) is 1. The van der Waals surface area contributed by atoms with Crippen molar-refractivity contribution in [1.82, 2.24) is 15.0 Å². The first-order valence-corrected chi connectivity index (χ1v) is 11.2. The number of nitrogens with zero attached hydrogens (tertiary/aromatic N) is 3. The predicted octanol–water partition coefficient (Wildman–Crippen LogP) is 4.68. The Balaban J connectivity index is 1.28. The molecule has 0 bridgehead atoms. The van der Waals surface area contributed by atoms with Gasteiger partial charge < -0.3 is 14.6 Å². The highest BCUT2D eigenvalue weighted by Gasteiger charge is 2.26. The summed E-state index contributed by atoms with van der Waals surface area (Å²) in [6.45, 7) is 1.97. The maximum absolute atomic E-state index is 12.6. The van der Waals surface area contributed by atoms with Crippen LogP contribution in [0.1, 0.15) is 29.1 Å². The van der Waals surface area contributed by atoms with Crippen molar-refractivity contribution in [3.05, 3.63) is 64.0 Å². The Hall–Kier alpha value is -2.94. The standard InChI is InChI=1S/C23H22Cl2N4O4/c1-32-23(31)15-2-5-17(6-3-15)26-22(30)14-8-10-29(11-9-14)13-20-27-21(28-33-20)18-7-4-16(24)12-19(18)25/h2-7,12,14H,8-11,13H2,1H3,(H,26,30). The monoisotopic (exact) mass is 488 g/mol. The van der Waals surface area contributed by atoms with E-state index < -0.39 is 5.97 Å². The molecule has 2 heterocycles. The minimum atomic E-state index is -0.412. The third-order valence-electron chi connectivity index (χ3n) is 5.53. The highest BCUT2D eigenvalue weighted by atomic mass is 35.5. The number of hydrogen-bond acceptors (Lipinski definition) is 7. The second-order valence-electron chi connectivity index (χ2n) is 7.74. The van der Waals surface area contributed by atoms with Gasteiger partial charge in [0.05, 0.1) is 24.2 Å². The summed E-state index contributed by atoms with van der Waals surface area (Å²) in [5, 5.41) is 7.94. The molecule has 0 aliphatic carbocycles. The Morgan fingerprint density at radius 1 is 1.15 bits per heavy atom. The average Bonchev–Trinajstić information content (AvgIpc) is 3.27. The lowest BCUT2D eigenvalue weighted by molar-refractivity contribution is -0.121. The van der Waals surface area contributed by atoms with Crippen molar-refractivity contribution in [3.8, 4) is 11.4 Å². The van der Waals surface area contributed by atoms with Crippen LogP contribution in [0, 0.1) is 5.92 Å². The molecule has 1 aliphatic heterocycles. The molecule has 1 fully saturated rings. The number of nitrogens with one attached hydrogen (secondary N) is 1. The summed E-state index contributed by atoms with van der Waals surface area (Å²) in [7, 11) is 1.33. The van der Waals surface area contributed by atoms with Crippen LogP contribution in [-0.2, 0) is 16.1 Å². The zero-order valence-corrected chi connectivity index (χ0v) is 19.4. The largest absolute Gasteiger partial charge is 0.465 e. The average molecular weight is 489 g/mol. The number of esters is 1. The summed E-state index contributed by atoms with van der Waals surface area (Å²) in [6.07, 6.45) is 1.44. The van der Waals surface area contributed by atoms with Crippen LogP contribution < -0.4 is 5.32 Å². The van der Waals surface area contributed by atoms with Crippen LogP contribution in [0.4, 0.5) is 5.69 Å². The number of piperidine rings is 1. The van der Waals surface area contributed by atoms with E-state index in [0.717, 1.165) is 25.9 Å². The topological polar surface area (TPSA) is 97.6 Å². The maximum atomic E-state index is 12.6. The van der Waals surface area contributed by atoms with Crippen molar-refractivity contribution in [1.29, 1.82) is 0 Å². The van der Waals surface area contributed by atoms with E-state index in [0.29, 0.717) is 45.1 Å². The molecule has 0 atom stereocenters. The molecule has 1 saturated heterocycles. The van der Waals surface area contributed by atoms with Crippen LogP contribution in [-0.4, -0.2) is 47.1 Å². The van der Waals surface area contributed by atoms with Gasteiger partial charge >= 0.3 is 5.97 Å². The summed E-state index contributed by atoms with van der Waals surface area (Å²) >= 11 is 12.2. The summed E-state index contributed by atoms with van der Waals surface area (Å²) in [4.78, 5) is 30.8. The van der Waals surface area contributed by atoms with Gasteiger partial charge in [-0.15, -0.1) is 0 Å². The number of likely N-dealkylation sites (tertiary alicyclic amines) is 1. The van der Waals surface area contributed by atoms with Crippen LogP contribution >= 0.6 is 23.2 Å². The van der Waals surface area contributed by atoms with E-state index in [1.54, 1.807) is 42.5 Å². The molecule has 0 saturated carbocycles. The van der Waals surface area contributed by atoms with Gasteiger partial charge in [-0.2, -0.15) is 4.98 Å². The van der Waals surface area contributed by atoms with E-state index in [1.165, 1.54) is 7.11 Å². The third kappa shape index (κ3) is 5.71. The van der Waals surface area contributed by atoms with Crippen molar-refractivity contribution in [2.24, 2.45) is 5.92 Å². The summed E-state index contributed by atoms with van der Waals surface area (Å²) in [6, 6.07) is 11.8. The first-order chi connectivity index (χ1) is 15.9. The number of amides is 1. The number of aromatic nitrogens is 2. The predicted molar refractivity (Wildman–Crippen MR) is 124 cm³/mol. The van der Waals surface area contributed by atoms with Gasteiger partial charge in [0.15, 0.2) is 0 Å². The normalized spacial score (nSPS) is 14.8. The van der Waals surface area contributed by atoms with Gasteiger partial charge in [0.25, 0.3) is 0 Å². The molecule has 0 radical (unpaired) electrons. The van der Waals surface area contributed by atoms with E-state index in [4.69, 9.17) is 27.7 Å². The minimum Gasteiger partial charge on any atom is -0.465 e. The first kappa shape index (κ1) is 23.2. The van der Waals surface area contributed by atoms with Gasteiger partial charge in [0, 0.05) is 22.2 Å². The fourth-order valence-electron chi connectivity index (χ4n) is 3.70. The Kier molecular flexibility index (Phi) is 7.27. The lowest BCUT2D eigenvalue weighted by atomic mass is 9.96. The number of carbonyl (C=O) groups is 2. The molecule has 8 nitrogen and oxygen atoms in total. The second-order valence-corrected chi connectivity index (χ2v) is 8.59. The molecule has 4 rings (SSSR count). The number of methoxy groups -OCH3 is 1. The van der Waals surface area contributed by atoms with Crippen LogP contribution in [0.25, 0.3) is 11.4 Å². The number of anilines is 1. The Morgan fingerprint density at radius 3 is 2.55 bits per heavy atom. The Bertz CT molecular complexity index is 1140. The molecule has 2 aromatic carbocycles. The number of halogens is 2. The summed E-state index contributed by atoms with van der Waals surface area (Å²) < 4.78 is 10.1. The van der Waals surface area contributed by atoms with Gasteiger partial charge in [-0.25, -0.2) is 4.79 Å². The Labute approximate surface area is 200 Å². The fraction of sp³-hybridized carbons (Fsp3) is 0.304. The molecule has 1 aromatic heterocycles. The molecule has 172 valence electrons. The van der Waals surface area contributed by atoms with E-state index in [1.807, 2.05) is 0 Å². The molecule has 1 aliphatic rings. The zero-order chi connectivity index (χ0) is 23.4. The molecule has 33 heavy (non-hydrogen) atoms. The maximum Gasteiger partial charge on any atom is 0.337 e. The third-order valence-corrected chi connectivity index (χ3v) is 6.08. The highest BCUT2D eigenvalue weighted by Crippen LogP contribution is 2.29. The van der Waals surface area contributed by atoms with Crippen molar-refractivity contribution >= 4 is 40.8 Å². The van der Waals surface area contributed by atoms with E-state index >= 15 is 0 Å². The van der Waals surface area contributed by atoms with Crippen LogP contribution in [0.5, 0.6) is 0 Å². The van der Waals surface area contributed by atoms with Crippen molar-refractivity contribution in [2.45, 2.75) is 19.4 Å². The van der Waals surface area contributed by atoms with Crippen molar-refractivity contribution < 1.29 is 18.8 Å². The Morgan fingerprint density at radius 2 is 1.88 bits per heavy atom. The van der Waals surface area contributed by atoms with Crippen LogP contribution in [0.15, 0.2) is 47.0 Å². The summed E-state index contributed by atoms with van der Waals surface area (Å²) in [5.74, 6) is 0.374. The lowest BCUT2D eigenvalue weighted by Crippen LogP contribution is -2.37. The number of rotatable bonds is 6. The molecule has 1 N–H and O–H groups in total. The molecule has 0 unspecified atom stereocenters. The van der Waals surface area contributed by atoms with E-state index in [2.05, 4.69) is 25.1 Å². The molecule has 1 amide bonds. The van der Waals surface area contributed by atoms with E-state index in [9.17, 15) is 9.59 Å². The number of carbonyl (C=O) groups excluding carboxylic acids is 2. The smallest absolute Gasteiger partial charge is 0.337 e. The molecule has 0 spiro atoms. The van der Waals surface area contributed by atoms with Gasteiger partial charge in [0.2, 0.25) is 17.6 Å². The first-order valence-electron chi connectivity index (χ1n) is 10.4. The van der Waals surface area contributed by atoms with Gasteiger partial charge in [0.1, 0.15) is 0 Å². The van der Waals surface area contributed by atoms with Gasteiger partial charge in [-0.05, 0) is 68.4 Å². The highest BCUT2D eigenvalue weighted by molar-refractivity contribution is 6.36. The minimum absolute atomic E-state index is 0.0297. The van der Waals surface area contributed by atoms with Gasteiger partial charge in [-0.3, -0.25) is 9.69 Å². The number of ether oxygens (including phenoxy) is 1. The second kappa shape index (κ2) is 10.3. The number of benzene rings is 2. The van der Waals surface area contributed by atoms with Gasteiger partial charge in [-0.1, -0.05) is 28.4 Å². The molecule has 10 heteroatoms. The zero-order valence-electron chi connectivity index (χ0n) is 17.9. The fourth-order valence-corrected chi connectivity index (χ4v) is 4.19. The lowest BCUT2D eigenvalue weighted by Gasteiger charge is -2.30. The molecular formula is C23H22Cl2N4O4. The quantitative estimate of drug-likeness (QED) is 0.502. The SMILES string of the molecule is COC(=O)c1ccc(NC(=O)C2CCN(Cc3nc(-c4ccc(Cl)cc4Cl)no3)CC2)cc1. The van der Waals surface area contributed by atoms with Crippen LogP contribution in [0.3, 0.4) is 0 Å². The van der Waals surface area contributed by atoms with Crippen molar-refractivity contribution in [3.63, 3.8) is 0 Å².